The number of carbonyl (C=O) groups excluding carboxylic acids is 1. The number of hydrogen-bond acceptors (Lipinski definition) is 3. The Morgan fingerprint density at radius 2 is 1.95 bits per heavy atom. The number of benzene rings is 1. The number of aliphatic hydroxyl groups excluding tert-OH is 1. The maximum atomic E-state index is 12.0. The molecule has 1 unspecified atom stereocenters. The topological polar surface area (TPSA) is 52.6 Å². The molecule has 1 aromatic carbocycles. The molecule has 0 radical (unpaired) electrons. The number of nitrogens with zero attached hydrogens (tertiary/aromatic N) is 1. The second-order valence-electron chi connectivity index (χ2n) is 5.10. The van der Waals surface area contributed by atoms with Crippen LogP contribution in [0.5, 0.6) is 0 Å². The highest BCUT2D eigenvalue weighted by Gasteiger charge is 2.17. The van der Waals surface area contributed by atoms with Crippen molar-refractivity contribution in [3.05, 3.63) is 35.4 Å². The molecule has 1 aliphatic rings. The summed E-state index contributed by atoms with van der Waals surface area (Å²) in [5.74, 6) is 0.146. The Morgan fingerprint density at radius 3 is 2.58 bits per heavy atom. The van der Waals surface area contributed by atoms with Gasteiger partial charge in [0, 0.05) is 32.6 Å². The summed E-state index contributed by atoms with van der Waals surface area (Å²) in [6.07, 6.45) is 0.355. The predicted molar refractivity (Wildman–Crippen MR) is 74.8 cm³/mol. The van der Waals surface area contributed by atoms with Crippen LogP contribution < -0.4 is 5.32 Å². The first-order valence-electron chi connectivity index (χ1n) is 6.90. The normalized spacial score (nSPS) is 17.3. The Bertz CT molecular complexity index is 411. The van der Waals surface area contributed by atoms with E-state index < -0.39 is 6.10 Å². The van der Waals surface area contributed by atoms with Gasteiger partial charge in [-0.3, -0.25) is 4.79 Å². The van der Waals surface area contributed by atoms with Gasteiger partial charge in [-0.2, -0.15) is 0 Å². The molecule has 1 saturated heterocycles. The number of aliphatic hydroxyl groups is 1. The van der Waals surface area contributed by atoms with E-state index in [4.69, 9.17) is 0 Å². The van der Waals surface area contributed by atoms with Crippen LogP contribution in [0.1, 0.15) is 30.1 Å². The van der Waals surface area contributed by atoms with E-state index in [9.17, 15) is 9.90 Å². The van der Waals surface area contributed by atoms with Crippen LogP contribution in [0, 0.1) is 6.92 Å². The molecule has 2 rings (SSSR count). The molecular weight excluding hydrogens is 240 g/mol. The molecule has 1 amide bonds. The van der Waals surface area contributed by atoms with E-state index >= 15 is 0 Å². The highest BCUT2D eigenvalue weighted by Crippen LogP contribution is 2.19. The van der Waals surface area contributed by atoms with Crippen LogP contribution >= 0.6 is 0 Å². The van der Waals surface area contributed by atoms with Gasteiger partial charge in [-0.15, -0.1) is 0 Å². The molecule has 4 heteroatoms. The molecule has 1 aliphatic heterocycles. The molecule has 19 heavy (non-hydrogen) atoms. The fourth-order valence-corrected chi connectivity index (χ4v) is 2.29. The zero-order valence-corrected chi connectivity index (χ0v) is 11.4. The van der Waals surface area contributed by atoms with E-state index in [2.05, 4.69) is 5.32 Å². The average molecular weight is 262 g/mol. The number of aryl methyl sites for hydroxylation is 1. The second kappa shape index (κ2) is 6.68. The van der Waals surface area contributed by atoms with Crippen molar-refractivity contribution in [1.29, 1.82) is 0 Å². The van der Waals surface area contributed by atoms with Crippen molar-refractivity contribution in [3.63, 3.8) is 0 Å². The van der Waals surface area contributed by atoms with Crippen molar-refractivity contribution in [2.45, 2.75) is 25.9 Å². The highest BCUT2D eigenvalue weighted by atomic mass is 16.3. The first kappa shape index (κ1) is 14.0. The average Bonchev–Trinajstić information content (AvgIpc) is 2.46. The molecule has 0 aliphatic carbocycles. The number of piperazine rings is 1. The van der Waals surface area contributed by atoms with Gasteiger partial charge in [0.05, 0.1) is 6.10 Å². The summed E-state index contributed by atoms with van der Waals surface area (Å²) in [5.41, 5.74) is 2.06. The Morgan fingerprint density at radius 1 is 1.32 bits per heavy atom. The van der Waals surface area contributed by atoms with Crippen molar-refractivity contribution in [2.24, 2.45) is 0 Å². The van der Waals surface area contributed by atoms with E-state index in [-0.39, 0.29) is 5.91 Å². The van der Waals surface area contributed by atoms with E-state index in [0.717, 1.165) is 31.7 Å². The number of nitrogens with one attached hydrogen (secondary N) is 1. The third kappa shape index (κ3) is 4.04. The summed E-state index contributed by atoms with van der Waals surface area (Å²) in [4.78, 5) is 13.8. The fourth-order valence-electron chi connectivity index (χ4n) is 2.29. The van der Waals surface area contributed by atoms with Gasteiger partial charge in [-0.05, 0) is 18.9 Å². The lowest BCUT2D eigenvalue weighted by atomic mass is 10.0. The first-order valence-corrected chi connectivity index (χ1v) is 6.90. The summed E-state index contributed by atoms with van der Waals surface area (Å²) >= 11 is 0. The maximum Gasteiger partial charge on any atom is 0.222 e. The van der Waals surface area contributed by atoms with Gasteiger partial charge < -0.3 is 15.3 Å². The van der Waals surface area contributed by atoms with Crippen LogP contribution in [-0.2, 0) is 4.79 Å². The lowest BCUT2D eigenvalue weighted by molar-refractivity contribution is -0.132. The van der Waals surface area contributed by atoms with Crippen molar-refractivity contribution >= 4 is 5.91 Å². The van der Waals surface area contributed by atoms with Crippen LogP contribution in [0.15, 0.2) is 24.3 Å². The molecule has 4 nitrogen and oxygen atoms in total. The predicted octanol–water partition coefficient (Wildman–Crippen LogP) is 1.24. The van der Waals surface area contributed by atoms with Crippen molar-refractivity contribution in [3.8, 4) is 0 Å². The molecule has 0 aromatic heterocycles. The Kier molecular flexibility index (Phi) is 4.93. The third-order valence-electron chi connectivity index (χ3n) is 3.56. The summed E-state index contributed by atoms with van der Waals surface area (Å²) in [6.45, 7) is 5.31. The lowest BCUT2D eigenvalue weighted by Crippen LogP contribution is -2.46. The summed E-state index contributed by atoms with van der Waals surface area (Å²) in [6, 6.07) is 7.82. The van der Waals surface area contributed by atoms with Gasteiger partial charge in [0.1, 0.15) is 0 Å². The molecule has 1 aromatic rings. The van der Waals surface area contributed by atoms with Crippen LogP contribution in [0.2, 0.25) is 0 Å². The maximum absolute atomic E-state index is 12.0. The van der Waals surface area contributed by atoms with Crippen LogP contribution in [0.3, 0.4) is 0 Å². The van der Waals surface area contributed by atoms with Crippen molar-refractivity contribution in [2.75, 3.05) is 26.2 Å². The molecule has 1 fully saturated rings. The van der Waals surface area contributed by atoms with Crippen LogP contribution in [0.25, 0.3) is 0 Å². The number of carbonyl (C=O) groups is 1. The van der Waals surface area contributed by atoms with Gasteiger partial charge in [0.15, 0.2) is 0 Å². The number of rotatable bonds is 4. The molecular formula is C15H22N2O2. The van der Waals surface area contributed by atoms with E-state index in [1.807, 2.05) is 36.1 Å². The van der Waals surface area contributed by atoms with Crippen LogP contribution in [-0.4, -0.2) is 42.1 Å². The summed E-state index contributed by atoms with van der Waals surface area (Å²) < 4.78 is 0. The molecule has 104 valence electrons. The zero-order chi connectivity index (χ0) is 13.7. The van der Waals surface area contributed by atoms with Gasteiger partial charge in [0.2, 0.25) is 5.91 Å². The molecule has 1 atom stereocenters. The Labute approximate surface area is 114 Å². The van der Waals surface area contributed by atoms with Crippen molar-refractivity contribution < 1.29 is 9.90 Å². The minimum Gasteiger partial charge on any atom is -0.388 e. The quantitative estimate of drug-likeness (QED) is 0.858. The summed E-state index contributed by atoms with van der Waals surface area (Å²) in [5, 5.41) is 13.3. The number of amides is 1. The van der Waals surface area contributed by atoms with Crippen LogP contribution in [0.4, 0.5) is 0 Å². The standard InChI is InChI=1S/C15H22N2O2/c1-12-2-4-13(5-3-12)14(18)6-7-15(19)17-10-8-16-9-11-17/h2-5,14,16,18H,6-11H2,1H3. The minimum atomic E-state index is -0.549. The van der Waals surface area contributed by atoms with Gasteiger partial charge in [-0.25, -0.2) is 0 Å². The van der Waals surface area contributed by atoms with E-state index in [1.165, 1.54) is 5.56 Å². The van der Waals surface area contributed by atoms with Gasteiger partial charge in [-0.1, -0.05) is 29.8 Å². The monoisotopic (exact) mass is 262 g/mol. The first-order chi connectivity index (χ1) is 9.16. The third-order valence-corrected chi connectivity index (χ3v) is 3.56. The SMILES string of the molecule is Cc1ccc(C(O)CCC(=O)N2CCNCC2)cc1. The Hall–Kier alpha value is -1.39. The zero-order valence-electron chi connectivity index (χ0n) is 11.4. The van der Waals surface area contributed by atoms with Gasteiger partial charge >= 0.3 is 0 Å². The number of hydrogen-bond donors (Lipinski definition) is 2. The molecule has 0 spiro atoms. The minimum absolute atomic E-state index is 0.146. The molecule has 0 bridgehead atoms. The Balaban J connectivity index is 1.80. The summed E-state index contributed by atoms with van der Waals surface area (Å²) in [7, 11) is 0. The van der Waals surface area contributed by atoms with Crippen molar-refractivity contribution in [1.82, 2.24) is 10.2 Å². The largest absolute Gasteiger partial charge is 0.388 e. The molecule has 0 saturated carbocycles. The molecule has 1 heterocycles. The second-order valence-corrected chi connectivity index (χ2v) is 5.10. The smallest absolute Gasteiger partial charge is 0.222 e. The fraction of sp³-hybridized carbons (Fsp3) is 0.533. The highest BCUT2D eigenvalue weighted by molar-refractivity contribution is 5.76. The van der Waals surface area contributed by atoms with Gasteiger partial charge in [0.25, 0.3) is 0 Å². The van der Waals surface area contributed by atoms with E-state index in [0.29, 0.717) is 12.8 Å². The molecule has 2 N–H and O–H groups in total. The van der Waals surface area contributed by atoms with E-state index in [1.54, 1.807) is 0 Å². The lowest BCUT2D eigenvalue weighted by Gasteiger charge is -2.27.